The van der Waals surface area contributed by atoms with Crippen molar-refractivity contribution in [3.63, 3.8) is 0 Å². The van der Waals surface area contributed by atoms with Gasteiger partial charge in [-0.1, -0.05) is 0 Å². The molecular weight excluding hydrogens is 320 g/mol. The van der Waals surface area contributed by atoms with Crippen molar-refractivity contribution < 1.29 is 14.3 Å². The average molecular weight is 344 g/mol. The number of aryl methyl sites for hydroxylation is 1. The molecule has 1 saturated heterocycles. The van der Waals surface area contributed by atoms with Gasteiger partial charge in [0.15, 0.2) is 0 Å². The summed E-state index contributed by atoms with van der Waals surface area (Å²) in [6.45, 7) is 2.29. The lowest BCUT2D eigenvalue weighted by Crippen LogP contribution is -2.27. The molecule has 0 radical (unpaired) electrons. The van der Waals surface area contributed by atoms with Crippen LogP contribution < -0.4 is 10.6 Å². The highest BCUT2D eigenvalue weighted by atomic mass is 16.5. The minimum atomic E-state index is -0.341. The maximum absolute atomic E-state index is 12.2. The van der Waals surface area contributed by atoms with Gasteiger partial charge in [-0.15, -0.1) is 0 Å². The number of amides is 1. The lowest BCUT2D eigenvalue weighted by Gasteiger charge is -2.22. The maximum atomic E-state index is 12.2. The van der Waals surface area contributed by atoms with Gasteiger partial charge in [-0.3, -0.25) is 9.59 Å². The van der Waals surface area contributed by atoms with Crippen molar-refractivity contribution in [3.8, 4) is 0 Å². The van der Waals surface area contributed by atoms with Crippen molar-refractivity contribution in [1.29, 1.82) is 0 Å². The first-order chi connectivity index (χ1) is 12.1. The van der Waals surface area contributed by atoms with E-state index in [4.69, 9.17) is 4.98 Å². The van der Waals surface area contributed by atoms with Crippen LogP contribution in [-0.2, 0) is 16.6 Å². The Kier molecular flexibility index (Phi) is 5.33. The number of imidazole rings is 1. The van der Waals surface area contributed by atoms with Crippen molar-refractivity contribution in [2.75, 3.05) is 26.7 Å². The smallest absolute Gasteiger partial charge is 0.307 e. The van der Waals surface area contributed by atoms with Gasteiger partial charge >= 0.3 is 5.97 Å². The molecule has 1 aromatic carbocycles. The Hall–Kier alpha value is -2.41. The number of benzene rings is 1. The summed E-state index contributed by atoms with van der Waals surface area (Å²) in [6.07, 6.45) is 2.32. The second kappa shape index (κ2) is 7.65. The number of hydrogen-bond acceptors (Lipinski definition) is 5. The first-order valence-electron chi connectivity index (χ1n) is 8.62. The summed E-state index contributed by atoms with van der Waals surface area (Å²) in [6, 6.07) is 5.54. The van der Waals surface area contributed by atoms with Gasteiger partial charge in [0.1, 0.15) is 5.82 Å². The Morgan fingerprint density at radius 2 is 2.12 bits per heavy atom. The molecule has 7 heteroatoms. The minimum absolute atomic E-state index is 0.161. The Balaban J connectivity index is 1.75. The van der Waals surface area contributed by atoms with E-state index in [1.165, 1.54) is 7.11 Å². The largest absolute Gasteiger partial charge is 0.469 e. The molecule has 1 aliphatic heterocycles. The summed E-state index contributed by atoms with van der Waals surface area (Å²) in [7, 11) is 3.36. The van der Waals surface area contributed by atoms with Gasteiger partial charge in [0.05, 0.1) is 24.6 Å². The molecule has 2 N–H and O–H groups in total. The van der Waals surface area contributed by atoms with E-state index in [1.807, 2.05) is 19.2 Å². The molecule has 3 rings (SSSR count). The number of rotatable bonds is 5. The van der Waals surface area contributed by atoms with Crippen LogP contribution in [0.2, 0.25) is 0 Å². The average Bonchev–Trinajstić information content (AvgIpc) is 2.98. The molecule has 25 heavy (non-hydrogen) atoms. The van der Waals surface area contributed by atoms with Crippen molar-refractivity contribution in [2.45, 2.75) is 25.2 Å². The fourth-order valence-electron chi connectivity index (χ4n) is 3.29. The molecule has 2 aromatic rings. The van der Waals surface area contributed by atoms with Crippen LogP contribution in [0.25, 0.3) is 11.0 Å². The second-order valence-corrected chi connectivity index (χ2v) is 6.34. The molecule has 0 aliphatic carbocycles. The van der Waals surface area contributed by atoms with Crippen LogP contribution in [0.4, 0.5) is 0 Å². The number of nitrogens with one attached hydrogen (secondary N) is 2. The van der Waals surface area contributed by atoms with E-state index < -0.39 is 0 Å². The van der Waals surface area contributed by atoms with E-state index in [-0.39, 0.29) is 24.8 Å². The predicted octanol–water partition coefficient (Wildman–Crippen LogP) is 1.33. The van der Waals surface area contributed by atoms with E-state index in [1.54, 1.807) is 6.07 Å². The summed E-state index contributed by atoms with van der Waals surface area (Å²) < 4.78 is 6.69. The summed E-state index contributed by atoms with van der Waals surface area (Å²) in [5, 5.41) is 6.10. The Labute approximate surface area is 146 Å². The highest BCUT2D eigenvalue weighted by Gasteiger charge is 2.21. The number of nitrogens with zero attached hydrogens (tertiary/aromatic N) is 2. The monoisotopic (exact) mass is 344 g/mol. The van der Waals surface area contributed by atoms with Gasteiger partial charge in [-0.25, -0.2) is 4.98 Å². The van der Waals surface area contributed by atoms with E-state index in [0.29, 0.717) is 11.5 Å². The third-order valence-electron chi connectivity index (χ3n) is 4.72. The van der Waals surface area contributed by atoms with Crippen LogP contribution in [0.5, 0.6) is 0 Å². The Morgan fingerprint density at radius 3 is 2.84 bits per heavy atom. The number of carbonyl (C=O) groups is 2. The van der Waals surface area contributed by atoms with E-state index >= 15 is 0 Å². The lowest BCUT2D eigenvalue weighted by molar-refractivity contribution is -0.140. The highest BCUT2D eigenvalue weighted by Crippen LogP contribution is 2.27. The number of esters is 1. The SMILES string of the molecule is COC(=O)CCNC(=O)c1ccc2c(c1)nc(C1CCNCC1)n2C. The summed E-state index contributed by atoms with van der Waals surface area (Å²) in [5.41, 5.74) is 2.41. The molecule has 0 atom stereocenters. The van der Waals surface area contributed by atoms with Gasteiger partial charge in [0, 0.05) is 25.1 Å². The third-order valence-corrected chi connectivity index (χ3v) is 4.72. The molecule has 1 amide bonds. The molecule has 7 nitrogen and oxygen atoms in total. The van der Waals surface area contributed by atoms with Crippen molar-refractivity contribution in [2.24, 2.45) is 7.05 Å². The molecule has 1 aromatic heterocycles. The van der Waals surface area contributed by atoms with Crippen LogP contribution in [0.3, 0.4) is 0 Å². The number of aromatic nitrogens is 2. The first kappa shape index (κ1) is 17.4. The minimum Gasteiger partial charge on any atom is -0.469 e. The molecular formula is C18H24N4O3. The predicted molar refractivity (Wildman–Crippen MR) is 94.5 cm³/mol. The zero-order valence-corrected chi connectivity index (χ0v) is 14.7. The Bertz CT molecular complexity index is 778. The van der Waals surface area contributed by atoms with E-state index in [2.05, 4.69) is 19.9 Å². The molecule has 1 fully saturated rings. The van der Waals surface area contributed by atoms with Crippen molar-refractivity contribution >= 4 is 22.9 Å². The molecule has 0 unspecified atom stereocenters. The van der Waals surface area contributed by atoms with Crippen LogP contribution in [0, 0.1) is 0 Å². The van der Waals surface area contributed by atoms with E-state index in [9.17, 15) is 9.59 Å². The molecule has 1 aliphatic rings. The molecule has 134 valence electrons. The first-order valence-corrected chi connectivity index (χ1v) is 8.62. The number of methoxy groups -OCH3 is 1. The third kappa shape index (κ3) is 3.82. The van der Waals surface area contributed by atoms with Crippen molar-refractivity contribution in [3.05, 3.63) is 29.6 Å². The normalized spacial score (nSPS) is 15.3. The number of hydrogen-bond donors (Lipinski definition) is 2. The summed E-state index contributed by atoms with van der Waals surface area (Å²) >= 11 is 0. The number of piperidine rings is 1. The topological polar surface area (TPSA) is 85.2 Å². The fourth-order valence-corrected chi connectivity index (χ4v) is 3.29. The molecule has 0 bridgehead atoms. The van der Waals surface area contributed by atoms with Crippen LogP contribution in [-0.4, -0.2) is 48.2 Å². The van der Waals surface area contributed by atoms with Crippen LogP contribution in [0.1, 0.15) is 41.4 Å². The standard InChI is InChI=1S/C18H24N4O3/c1-22-15-4-3-13(18(24)20-10-7-16(23)25-2)11-14(15)21-17(22)12-5-8-19-9-6-12/h3-4,11-12,19H,5-10H2,1-2H3,(H,20,24). The maximum Gasteiger partial charge on any atom is 0.307 e. The molecule has 0 spiro atoms. The second-order valence-electron chi connectivity index (χ2n) is 6.34. The zero-order chi connectivity index (χ0) is 17.8. The van der Waals surface area contributed by atoms with Gasteiger partial charge in [0.2, 0.25) is 0 Å². The Morgan fingerprint density at radius 1 is 1.36 bits per heavy atom. The van der Waals surface area contributed by atoms with Crippen LogP contribution >= 0.6 is 0 Å². The van der Waals surface area contributed by atoms with Crippen LogP contribution in [0.15, 0.2) is 18.2 Å². The quantitative estimate of drug-likeness (QED) is 0.800. The van der Waals surface area contributed by atoms with Gasteiger partial charge in [-0.05, 0) is 44.1 Å². The zero-order valence-electron chi connectivity index (χ0n) is 14.7. The number of fused-ring (bicyclic) bond motifs is 1. The highest BCUT2D eigenvalue weighted by molar-refractivity contribution is 5.97. The van der Waals surface area contributed by atoms with Gasteiger partial charge < -0.3 is 19.9 Å². The number of carbonyl (C=O) groups excluding carboxylic acids is 2. The molecule has 2 heterocycles. The summed E-state index contributed by atoms with van der Waals surface area (Å²) in [4.78, 5) is 28.1. The number of ether oxygens (including phenoxy) is 1. The van der Waals surface area contributed by atoms with Crippen molar-refractivity contribution in [1.82, 2.24) is 20.2 Å². The van der Waals surface area contributed by atoms with E-state index in [0.717, 1.165) is 42.8 Å². The summed E-state index contributed by atoms with van der Waals surface area (Å²) in [5.74, 6) is 0.989. The van der Waals surface area contributed by atoms with Gasteiger partial charge in [-0.2, -0.15) is 0 Å². The van der Waals surface area contributed by atoms with Gasteiger partial charge in [0.25, 0.3) is 5.91 Å². The fraction of sp³-hybridized carbons (Fsp3) is 0.500. The lowest BCUT2D eigenvalue weighted by atomic mass is 9.97. The molecule has 0 saturated carbocycles.